The van der Waals surface area contributed by atoms with Gasteiger partial charge >= 0.3 is 0 Å². The van der Waals surface area contributed by atoms with Crippen molar-refractivity contribution in [2.45, 2.75) is 26.7 Å². The minimum Gasteiger partial charge on any atom is -0.475 e. The molecule has 6 heteroatoms. The van der Waals surface area contributed by atoms with Crippen LogP contribution in [0.4, 0.5) is 11.5 Å². The summed E-state index contributed by atoms with van der Waals surface area (Å²) in [5.41, 5.74) is 3.64. The second kappa shape index (κ2) is 8.47. The highest BCUT2D eigenvalue weighted by Gasteiger charge is 2.28. The van der Waals surface area contributed by atoms with E-state index in [0.717, 1.165) is 54.0 Å². The molecule has 1 aliphatic rings. The Morgan fingerprint density at radius 2 is 1.72 bits per heavy atom. The summed E-state index contributed by atoms with van der Waals surface area (Å²) >= 11 is 0. The van der Waals surface area contributed by atoms with E-state index in [1.165, 1.54) is 0 Å². The third kappa shape index (κ3) is 4.16. The van der Waals surface area contributed by atoms with Crippen LogP contribution < -0.4 is 15.0 Å². The van der Waals surface area contributed by atoms with E-state index in [1.54, 1.807) is 0 Å². The van der Waals surface area contributed by atoms with Crippen LogP contribution in [-0.2, 0) is 4.79 Å². The molecule has 2 aromatic carbocycles. The number of piperidine rings is 1. The summed E-state index contributed by atoms with van der Waals surface area (Å²) in [5, 5.41) is 3.08. The lowest BCUT2D eigenvalue weighted by Gasteiger charge is -2.32. The number of carbonyl (C=O) groups excluding carboxylic acids is 1. The average Bonchev–Trinajstić information content (AvgIpc) is 2.75. The fourth-order valence-corrected chi connectivity index (χ4v) is 3.72. The molecule has 1 amide bonds. The number of amides is 1. The highest BCUT2D eigenvalue weighted by molar-refractivity contribution is 5.93. The molecule has 0 saturated carbocycles. The summed E-state index contributed by atoms with van der Waals surface area (Å²) in [6, 6.07) is 15.7. The number of fused-ring (bicyclic) bond motifs is 1. The van der Waals surface area contributed by atoms with E-state index >= 15 is 0 Å². The Labute approximate surface area is 170 Å². The Morgan fingerprint density at radius 1 is 1.07 bits per heavy atom. The number of ether oxygens (including phenoxy) is 1. The maximum atomic E-state index is 12.7. The van der Waals surface area contributed by atoms with Crippen LogP contribution in [-0.4, -0.2) is 35.6 Å². The molecule has 0 spiro atoms. The standard InChI is InChI=1S/C23H26N4O2/c1-3-29-23-21(24-19-10-6-7-11-20(19)26-23)27-14-12-17(13-15-27)22(28)25-18-9-5-4-8-16(18)2/h4-11,17H,3,12-15H2,1-2H3,(H,25,28). The smallest absolute Gasteiger partial charge is 0.258 e. The number of rotatable bonds is 5. The van der Waals surface area contributed by atoms with Gasteiger partial charge in [-0.25, -0.2) is 9.97 Å². The lowest BCUT2D eigenvalue weighted by molar-refractivity contribution is -0.120. The zero-order valence-corrected chi connectivity index (χ0v) is 16.9. The predicted molar refractivity (Wildman–Crippen MR) is 115 cm³/mol. The Bertz CT molecular complexity index is 1010. The fourth-order valence-electron chi connectivity index (χ4n) is 3.72. The topological polar surface area (TPSA) is 67.4 Å². The van der Waals surface area contributed by atoms with Crippen molar-refractivity contribution in [1.82, 2.24) is 9.97 Å². The highest BCUT2D eigenvalue weighted by Crippen LogP contribution is 2.31. The van der Waals surface area contributed by atoms with Crippen LogP contribution in [0.2, 0.25) is 0 Å². The van der Waals surface area contributed by atoms with Gasteiger partial charge in [-0.15, -0.1) is 0 Å². The molecule has 2 heterocycles. The van der Waals surface area contributed by atoms with Crippen LogP contribution in [0.15, 0.2) is 48.5 Å². The monoisotopic (exact) mass is 390 g/mol. The first-order valence-electron chi connectivity index (χ1n) is 10.2. The quantitative estimate of drug-likeness (QED) is 0.707. The summed E-state index contributed by atoms with van der Waals surface area (Å²) in [5.74, 6) is 1.42. The lowest BCUT2D eigenvalue weighted by Crippen LogP contribution is -2.39. The molecular weight excluding hydrogens is 364 g/mol. The van der Waals surface area contributed by atoms with Crippen molar-refractivity contribution in [2.24, 2.45) is 5.92 Å². The molecule has 3 aromatic rings. The van der Waals surface area contributed by atoms with Crippen molar-refractivity contribution in [2.75, 3.05) is 29.9 Å². The molecule has 0 bridgehead atoms. The predicted octanol–water partition coefficient (Wildman–Crippen LogP) is 4.19. The summed E-state index contributed by atoms with van der Waals surface area (Å²) in [7, 11) is 0. The fraction of sp³-hybridized carbons (Fsp3) is 0.348. The van der Waals surface area contributed by atoms with Gasteiger partial charge in [0.25, 0.3) is 5.88 Å². The molecule has 6 nitrogen and oxygen atoms in total. The normalized spacial score (nSPS) is 14.8. The summed E-state index contributed by atoms with van der Waals surface area (Å²) < 4.78 is 5.77. The lowest BCUT2D eigenvalue weighted by atomic mass is 9.95. The second-order valence-electron chi connectivity index (χ2n) is 7.34. The van der Waals surface area contributed by atoms with Gasteiger partial charge in [-0.3, -0.25) is 4.79 Å². The van der Waals surface area contributed by atoms with Gasteiger partial charge in [-0.05, 0) is 50.5 Å². The van der Waals surface area contributed by atoms with E-state index < -0.39 is 0 Å². The Hall–Kier alpha value is -3.15. The number of benzene rings is 2. The number of aryl methyl sites for hydroxylation is 1. The molecule has 1 fully saturated rings. The number of carbonyl (C=O) groups is 1. The maximum absolute atomic E-state index is 12.7. The zero-order valence-electron chi connectivity index (χ0n) is 16.9. The van der Waals surface area contributed by atoms with Crippen molar-refractivity contribution in [3.8, 4) is 5.88 Å². The highest BCUT2D eigenvalue weighted by atomic mass is 16.5. The van der Waals surface area contributed by atoms with E-state index in [1.807, 2.05) is 62.4 Å². The maximum Gasteiger partial charge on any atom is 0.258 e. The van der Waals surface area contributed by atoms with Crippen molar-refractivity contribution in [3.05, 3.63) is 54.1 Å². The van der Waals surface area contributed by atoms with Crippen LogP contribution in [0, 0.1) is 12.8 Å². The molecule has 0 unspecified atom stereocenters. The van der Waals surface area contributed by atoms with Gasteiger partial charge in [0.2, 0.25) is 5.91 Å². The summed E-state index contributed by atoms with van der Waals surface area (Å²) in [6.07, 6.45) is 1.55. The first-order valence-corrected chi connectivity index (χ1v) is 10.2. The second-order valence-corrected chi connectivity index (χ2v) is 7.34. The number of aromatic nitrogens is 2. The zero-order chi connectivity index (χ0) is 20.2. The molecule has 1 aliphatic heterocycles. The number of hydrogen-bond acceptors (Lipinski definition) is 5. The molecule has 150 valence electrons. The molecule has 1 saturated heterocycles. The minimum atomic E-state index is -0.00480. The Balaban J connectivity index is 1.47. The van der Waals surface area contributed by atoms with Crippen molar-refractivity contribution in [3.63, 3.8) is 0 Å². The number of hydrogen-bond donors (Lipinski definition) is 1. The molecule has 1 aromatic heterocycles. The van der Waals surface area contributed by atoms with Crippen LogP contribution >= 0.6 is 0 Å². The van der Waals surface area contributed by atoms with E-state index in [-0.39, 0.29) is 11.8 Å². The third-order valence-corrected chi connectivity index (χ3v) is 5.37. The van der Waals surface area contributed by atoms with Crippen molar-refractivity contribution >= 4 is 28.4 Å². The van der Waals surface area contributed by atoms with Crippen LogP contribution in [0.5, 0.6) is 5.88 Å². The van der Waals surface area contributed by atoms with Gasteiger partial charge in [-0.1, -0.05) is 30.3 Å². The number of para-hydroxylation sites is 3. The number of nitrogens with one attached hydrogen (secondary N) is 1. The third-order valence-electron chi connectivity index (χ3n) is 5.37. The van der Waals surface area contributed by atoms with E-state index in [4.69, 9.17) is 9.72 Å². The van der Waals surface area contributed by atoms with E-state index in [9.17, 15) is 4.79 Å². The van der Waals surface area contributed by atoms with Crippen molar-refractivity contribution < 1.29 is 9.53 Å². The van der Waals surface area contributed by atoms with Gasteiger partial charge < -0.3 is 15.0 Å². The van der Waals surface area contributed by atoms with E-state index in [0.29, 0.717) is 12.5 Å². The minimum absolute atomic E-state index is 0.00480. The first-order chi connectivity index (χ1) is 14.2. The van der Waals surface area contributed by atoms with Gasteiger partial charge in [0.1, 0.15) is 0 Å². The molecular formula is C23H26N4O2. The van der Waals surface area contributed by atoms with Gasteiger partial charge in [0, 0.05) is 24.7 Å². The average molecular weight is 390 g/mol. The summed E-state index contributed by atoms with van der Waals surface area (Å²) in [6.45, 7) is 5.99. The van der Waals surface area contributed by atoms with Crippen LogP contribution in [0.3, 0.4) is 0 Å². The first kappa shape index (κ1) is 19.2. The number of nitrogens with zero attached hydrogens (tertiary/aromatic N) is 3. The van der Waals surface area contributed by atoms with Gasteiger partial charge in [0.15, 0.2) is 5.82 Å². The molecule has 0 radical (unpaired) electrons. The molecule has 0 atom stereocenters. The van der Waals surface area contributed by atoms with Crippen LogP contribution in [0.25, 0.3) is 11.0 Å². The van der Waals surface area contributed by atoms with Crippen molar-refractivity contribution in [1.29, 1.82) is 0 Å². The Morgan fingerprint density at radius 3 is 2.41 bits per heavy atom. The van der Waals surface area contributed by atoms with Gasteiger partial charge in [0.05, 0.1) is 17.6 Å². The molecule has 29 heavy (non-hydrogen) atoms. The molecule has 1 N–H and O–H groups in total. The molecule has 0 aliphatic carbocycles. The Kier molecular flexibility index (Phi) is 5.60. The largest absolute Gasteiger partial charge is 0.475 e. The van der Waals surface area contributed by atoms with Gasteiger partial charge in [-0.2, -0.15) is 0 Å². The molecule has 4 rings (SSSR count). The summed E-state index contributed by atoms with van der Waals surface area (Å²) in [4.78, 5) is 24.4. The van der Waals surface area contributed by atoms with Crippen LogP contribution in [0.1, 0.15) is 25.3 Å². The van der Waals surface area contributed by atoms with E-state index in [2.05, 4.69) is 15.2 Å². The number of anilines is 2. The SMILES string of the molecule is CCOc1nc2ccccc2nc1N1CCC(C(=O)Nc2ccccc2C)CC1.